The standard InChI is InChI=1S/C14H17NO3/c1-10(2)18-12-5-3-11(4-6-12)9-15-13(16)7-8-14(15)17/h3-6,10H,7-9H2,1-2H3. The van der Waals surface area contributed by atoms with Gasteiger partial charge in [-0.2, -0.15) is 0 Å². The van der Waals surface area contributed by atoms with Gasteiger partial charge in [-0.15, -0.1) is 0 Å². The summed E-state index contributed by atoms with van der Waals surface area (Å²) in [6.07, 6.45) is 0.818. The minimum Gasteiger partial charge on any atom is -0.491 e. The highest BCUT2D eigenvalue weighted by Crippen LogP contribution is 2.18. The summed E-state index contributed by atoms with van der Waals surface area (Å²) >= 11 is 0. The van der Waals surface area contributed by atoms with Crippen molar-refractivity contribution in [2.45, 2.75) is 39.3 Å². The highest BCUT2D eigenvalue weighted by atomic mass is 16.5. The Morgan fingerprint density at radius 2 is 1.67 bits per heavy atom. The van der Waals surface area contributed by atoms with E-state index in [1.54, 1.807) is 0 Å². The third-order valence-electron chi connectivity index (χ3n) is 2.79. The lowest BCUT2D eigenvalue weighted by molar-refractivity contribution is -0.139. The molecule has 0 spiro atoms. The van der Waals surface area contributed by atoms with E-state index in [-0.39, 0.29) is 17.9 Å². The molecule has 18 heavy (non-hydrogen) atoms. The first-order chi connectivity index (χ1) is 8.56. The van der Waals surface area contributed by atoms with E-state index < -0.39 is 0 Å². The van der Waals surface area contributed by atoms with E-state index in [0.717, 1.165) is 11.3 Å². The summed E-state index contributed by atoms with van der Waals surface area (Å²) in [6.45, 7) is 4.30. The number of benzene rings is 1. The van der Waals surface area contributed by atoms with Gasteiger partial charge in [0.15, 0.2) is 0 Å². The maximum atomic E-state index is 11.5. The molecule has 1 aliphatic heterocycles. The fourth-order valence-electron chi connectivity index (χ4n) is 1.93. The third-order valence-corrected chi connectivity index (χ3v) is 2.79. The van der Waals surface area contributed by atoms with E-state index in [9.17, 15) is 9.59 Å². The zero-order chi connectivity index (χ0) is 13.1. The summed E-state index contributed by atoms with van der Waals surface area (Å²) in [6, 6.07) is 7.49. The van der Waals surface area contributed by atoms with Crippen LogP contribution >= 0.6 is 0 Å². The minimum atomic E-state index is -0.0810. The van der Waals surface area contributed by atoms with Crippen molar-refractivity contribution in [3.8, 4) is 5.75 Å². The van der Waals surface area contributed by atoms with Crippen molar-refractivity contribution in [2.75, 3.05) is 0 Å². The molecule has 1 aliphatic rings. The van der Waals surface area contributed by atoms with Crippen LogP contribution < -0.4 is 4.74 Å². The van der Waals surface area contributed by atoms with Crippen LogP contribution in [-0.2, 0) is 16.1 Å². The van der Waals surface area contributed by atoms with Crippen LogP contribution in [0.4, 0.5) is 0 Å². The van der Waals surface area contributed by atoms with Crippen LogP contribution in [-0.4, -0.2) is 22.8 Å². The number of rotatable bonds is 4. The maximum absolute atomic E-state index is 11.5. The summed E-state index contributed by atoms with van der Waals surface area (Å²) in [5, 5.41) is 0. The van der Waals surface area contributed by atoms with Gasteiger partial charge in [-0.25, -0.2) is 0 Å². The normalized spacial score (nSPS) is 15.6. The lowest BCUT2D eigenvalue weighted by atomic mass is 10.2. The van der Waals surface area contributed by atoms with E-state index in [4.69, 9.17) is 4.74 Å². The Morgan fingerprint density at radius 3 is 2.17 bits per heavy atom. The van der Waals surface area contributed by atoms with Crippen LogP contribution in [0.25, 0.3) is 0 Å². The fourth-order valence-corrected chi connectivity index (χ4v) is 1.93. The van der Waals surface area contributed by atoms with Gasteiger partial charge in [0.25, 0.3) is 0 Å². The summed E-state index contributed by atoms with van der Waals surface area (Å²) in [4.78, 5) is 24.3. The quantitative estimate of drug-likeness (QED) is 0.766. The number of hydrogen-bond acceptors (Lipinski definition) is 3. The average molecular weight is 247 g/mol. The second kappa shape index (κ2) is 5.21. The number of ether oxygens (including phenoxy) is 1. The highest BCUT2D eigenvalue weighted by molar-refractivity contribution is 6.01. The summed E-state index contributed by atoms with van der Waals surface area (Å²) < 4.78 is 5.53. The first kappa shape index (κ1) is 12.6. The number of hydrogen-bond donors (Lipinski definition) is 0. The molecule has 4 heteroatoms. The minimum absolute atomic E-state index is 0.0810. The molecule has 0 N–H and O–H groups in total. The number of nitrogens with zero attached hydrogens (tertiary/aromatic N) is 1. The molecular weight excluding hydrogens is 230 g/mol. The van der Waals surface area contributed by atoms with E-state index >= 15 is 0 Å². The molecule has 0 atom stereocenters. The topological polar surface area (TPSA) is 46.6 Å². The van der Waals surface area contributed by atoms with Crippen molar-refractivity contribution in [1.82, 2.24) is 4.90 Å². The monoisotopic (exact) mass is 247 g/mol. The molecule has 1 saturated heterocycles. The van der Waals surface area contributed by atoms with Gasteiger partial charge in [0.05, 0.1) is 12.6 Å². The van der Waals surface area contributed by atoms with Crippen molar-refractivity contribution >= 4 is 11.8 Å². The van der Waals surface area contributed by atoms with Crippen molar-refractivity contribution < 1.29 is 14.3 Å². The molecule has 1 aromatic rings. The molecule has 0 saturated carbocycles. The zero-order valence-corrected chi connectivity index (χ0v) is 10.7. The third kappa shape index (κ3) is 2.88. The number of carbonyl (C=O) groups is 2. The molecule has 1 aromatic carbocycles. The van der Waals surface area contributed by atoms with Crippen molar-refractivity contribution in [1.29, 1.82) is 0 Å². The molecule has 0 bridgehead atoms. The van der Waals surface area contributed by atoms with Crippen LogP contribution in [0.1, 0.15) is 32.3 Å². The summed E-state index contributed by atoms with van der Waals surface area (Å²) in [7, 11) is 0. The number of amides is 2. The van der Waals surface area contributed by atoms with Gasteiger partial charge >= 0.3 is 0 Å². The molecule has 4 nitrogen and oxygen atoms in total. The molecule has 1 heterocycles. The maximum Gasteiger partial charge on any atom is 0.229 e. The molecule has 2 amide bonds. The van der Waals surface area contributed by atoms with Crippen LogP contribution in [0, 0.1) is 0 Å². The van der Waals surface area contributed by atoms with E-state index in [2.05, 4.69) is 0 Å². The van der Waals surface area contributed by atoms with Gasteiger partial charge in [0, 0.05) is 12.8 Å². The Kier molecular flexibility index (Phi) is 3.65. The molecule has 0 aliphatic carbocycles. The molecule has 0 unspecified atom stereocenters. The van der Waals surface area contributed by atoms with Gasteiger partial charge in [-0.3, -0.25) is 14.5 Å². The van der Waals surface area contributed by atoms with E-state index in [1.807, 2.05) is 38.1 Å². The second-order valence-electron chi connectivity index (χ2n) is 4.68. The zero-order valence-electron chi connectivity index (χ0n) is 10.7. The molecular formula is C14H17NO3. The number of imide groups is 1. The van der Waals surface area contributed by atoms with Crippen molar-refractivity contribution in [2.24, 2.45) is 0 Å². The van der Waals surface area contributed by atoms with E-state index in [1.165, 1.54) is 4.90 Å². The SMILES string of the molecule is CC(C)Oc1ccc(CN2C(=O)CCC2=O)cc1. The predicted octanol–water partition coefficient (Wildman–Crippen LogP) is 2.12. The molecule has 2 rings (SSSR count). The first-order valence-electron chi connectivity index (χ1n) is 6.15. The Hall–Kier alpha value is -1.84. The first-order valence-corrected chi connectivity index (χ1v) is 6.15. The lowest BCUT2D eigenvalue weighted by Crippen LogP contribution is -2.28. The summed E-state index contributed by atoms with van der Waals surface area (Å²) in [5.74, 6) is 0.637. The van der Waals surface area contributed by atoms with Gasteiger partial charge in [0.2, 0.25) is 11.8 Å². The lowest BCUT2D eigenvalue weighted by Gasteiger charge is -2.14. The molecule has 96 valence electrons. The average Bonchev–Trinajstić information content (AvgIpc) is 2.63. The predicted molar refractivity (Wildman–Crippen MR) is 67.0 cm³/mol. The Labute approximate surface area is 107 Å². The Bertz CT molecular complexity index is 435. The summed E-state index contributed by atoms with van der Waals surface area (Å²) in [5.41, 5.74) is 0.940. The number of carbonyl (C=O) groups excluding carboxylic acids is 2. The smallest absolute Gasteiger partial charge is 0.229 e. The highest BCUT2D eigenvalue weighted by Gasteiger charge is 2.28. The van der Waals surface area contributed by atoms with Gasteiger partial charge in [-0.05, 0) is 31.5 Å². The van der Waals surface area contributed by atoms with Gasteiger partial charge in [0.1, 0.15) is 5.75 Å². The molecule has 0 radical (unpaired) electrons. The van der Waals surface area contributed by atoms with Crippen LogP contribution in [0.2, 0.25) is 0 Å². The number of likely N-dealkylation sites (tertiary alicyclic amines) is 1. The molecule has 1 fully saturated rings. The van der Waals surface area contributed by atoms with Crippen LogP contribution in [0.3, 0.4) is 0 Å². The van der Waals surface area contributed by atoms with E-state index in [0.29, 0.717) is 19.4 Å². The Morgan fingerprint density at radius 1 is 1.11 bits per heavy atom. The van der Waals surface area contributed by atoms with Gasteiger partial charge in [-0.1, -0.05) is 12.1 Å². The van der Waals surface area contributed by atoms with Crippen LogP contribution in [0.15, 0.2) is 24.3 Å². The molecule has 0 aromatic heterocycles. The van der Waals surface area contributed by atoms with Gasteiger partial charge < -0.3 is 4.74 Å². The van der Waals surface area contributed by atoms with Crippen LogP contribution in [0.5, 0.6) is 5.75 Å². The Balaban J connectivity index is 2.02. The second-order valence-corrected chi connectivity index (χ2v) is 4.68. The fraction of sp³-hybridized carbons (Fsp3) is 0.429. The largest absolute Gasteiger partial charge is 0.491 e. The van der Waals surface area contributed by atoms with Crippen molar-refractivity contribution in [3.05, 3.63) is 29.8 Å². The van der Waals surface area contributed by atoms with Crippen molar-refractivity contribution in [3.63, 3.8) is 0 Å².